The lowest BCUT2D eigenvalue weighted by Crippen LogP contribution is -2.29. The number of ketones is 2. The van der Waals surface area contributed by atoms with E-state index in [0.29, 0.717) is 52.7 Å². The van der Waals surface area contributed by atoms with E-state index in [1.54, 1.807) is 97.6 Å². The summed E-state index contributed by atoms with van der Waals surface area (Å²) in [5, 5.41) is 25.1. The minimum atomic E-state index is -0.314. The van der Waals surface area contributed by atoms with Crippen LogP contribution in [0.2, 0.25) is 5.02 Å². The highest BCUT2D eigenvalue weighted by Crippen LogP contribution is 2.34. The number of Topliss-reactive ketones (excluding diaryl/α,β-unsaturated/α-hetero) is 2. The number of aliphatic hydroxyl groups is 1. The van der Waals surface area contributed by atoms with Crippen molar-refractivity contribution in [3.8, 4) is 22.5 Å². The summed E-state index contributed by atoms with van der Waals surface area (Å²) in [6.07, 6.45) is 10.9. The number of rotatable bonds is 13. The number of hydrogen-bond acceptors (Lipinski definition) is 11. The third-order valence-corrected chi connectivity index (χ3v) is 9.91. The molecule has 4 heterocycles. The molecule has 57 heavy (non-hydrogen) atoms. The maximum Gasteiger partial charge on any atom is 0.291 e. The first kappa shape index (κ1) is 38.9. The van der Waals surface area contributed by atoms with Gasteiger partial charge >= 0.3 is 0 Å². The first-order valence-electron chi connectivity index (χ1n) is 18.7. The molecule has 8 rings (SSSR count). The van der Waals surface area contributed by atoms with Gasteiger partial charge in [-0.3, -0.25) is 29.1 Å². The second-order valence-electron chi connectivity index (χ2n) is 14.3. The van der Waals surface area contributed by atoms with E-state index in [1.807, 2.05) is 0 Å². The van der Waals surface area contributed by atoms with E-state index in [2.05, 4.69) is 30.8 Å². The fourth-order valence-electron chi connectivity index (χ4n) is 6.37. The summed E-state index contributed by atoms with van der Waals surface area (Å²) in [6.45, 7) is 3.89. The molecule has 3 N–H and O–H groups in total. The van der Waals surface area contributed by atoms with Crippen LogP contribution in [0.3, 0.4) is 0 Å². The highest BCUT2D eigenvalue weighted by Gasteiger charge is 2.28. The summed E-state index contributed by atoms with van der Waals surface area (Å²) in [7, 11) is 0. The molecule has 0 spiro atoms. The highest BCUT2D eigenvalue weighted by atomic mass is 35.5. The molecule has 4 aromatic heterocycles. The number of aromatic nitrogens is 6. The lowest BCUT2D eigenvalue weighted by Gasteiger charge is -2.17. The minimum absolute atomic E-state index is 0.0609. The second kappa shape index (κ2) is 17.2. The van der Waals surface area contributed by atoms with Gasteiger partial charge in [-0.25, -0.2) is 9.36 Å². The third kappa shape index (κ3) is 9.39. The fraction of sp³-hybridized carbons (Fsp3) is 0.256. The van der Waals surface area contributed by atoms with Crippen molar-refractivity contribution in [3.05, 3.63) is 140 Å². The highest BCUT2D eigenvalue weighted by molar-refractivity contribution is 6.30. The van der Waals surface area contributed by atoms with Crippen molar-refractivity contribution in [2.75, 3.05) is 10.6 Å². The maximum atomic E-state index is 13.2. The molecule has 2 saturated carbocycles. The standard InChI is InChI=1S/C22H22N4O3.C21H19ClN4O2/c1-14(28)19-20(17-8-10-23-11-9-17)25-26(12-15-2-3-15)22(29)21(19)24-18-6-4-16(13-27)5-7-18;1-13(27)18-19(15-7-9-23-10-8-15)25-26(12-14-5-6-14)21(28)20(18)24-17-4-2-3-16(22)11-17/h4-11,15,24,27H,2-3,12-13H2,1H3;2-4,7-11,14,24H,5-6,12H2,1H3. The van der Waals surface area contributed by atoms with Gasteiger partial charge in [-0.15, -0.1) is 0 Å². The van der Waals surface area contributed by atoms with Crippen molar-refractivity contribution in [2.24, 2.45) is 11.8 Å². The average molecular weight is 785 g/mol. The molecule has 0 unspecified atom stereocenters. The normalized spacial score (nSPS) is 13.3. The first-order valence-corrected chi connectivity index (χ1v) is 19.1. The van der Waals surface area contributed by atoms with Gasteiger partial charge < -0.3 is 15.7 Å². The zero-order valence-electron chi connectivity index (χ0n) is 31.5. The molecule has 0 atom stereocenters. The molecular weight excluding hydrogens is 744 g/mol. The van der Waals surface area contributed by atoms with Gasteiger partial charge in [-0.1, -0.05) is 29.8 Å². The summed E-state index contributed by atoms with van der Waals surface area (Å²) < 4.78 is 2.93. The number of carbonyl (C=O) groups excluding carboxylic acids is 2. The van der Waals surface area contributed by atoms with Gasteiger partial charge in [0.2, 0.25) is 0 Å². The number of nitrogens with one attached hydrogen (secondary N) is 2. The molecule has 6 aromatic rings. The van der Waals surface area contributed by atoms with Gasteiger partial charge in [-0.2, -0.15) is 10.2 Å². The topological polar surface area (TPSA) is 174 Å². The summed E-state index contributed by atoms with van der Waals surface area (Å²) in [4.78, 5) is 59.6. The molecular formula is C43H41ClN8O5. The van der Waals surface area contributed by atoms with E-state index >= 15 is 0 Å². The minimum Gasteiger partial charge on any atom is -0.392 e. The molecule has 0 amide bonds. The van der Waals surface area contributed by atoms with Crippen LogP contribution in [0.25, 0.3) is 22.5 Å². The average Bonchev–Trinajstić information content (AvgIpc) is 4.17. The number of anilines is 4. The van der Waals surface area contributed by atoms with Crippen LogP contribution in [-0.2, 0) is 19.7 Å². The summed E-state index contributed by atoms with van der Waals surface area (Å²) in [6, 6.07) is 21.2. The van der Waals surface area contributed by atoms with Crippen LogP contribution in [0.1, 0.15) is 65.8 Å². The Morgan fingerprint density at radius 2 is 1.14 bits per heavy atom. The summed E-state index contributed by atoms with van der Waals surface area (Å²) in [5.41, 5.74) is 4.81. The molecule has 2 aromatic carbocycles. The lowest BCUT2D eigenvalue weighted by atomic mass is 10.0. The van der Waals surface area contributed by atoms with E-state index in [-0.39, 0.29) is 51.8 Å². The summed E-state index contributed by atoms with van der Waals surface area (Å²) >= 11 is 6.08. The first-order chi connectivity index (χ1) is 27.6. The predicted molar refractivity (Wildman–Crippen MR) is 219 cm³/mol. The second-order valence-corrected chi connectivity index (χ2v) is 14.7. The van der Waals surface area contributed by atoms with Crippen LogP contribution >= 0.6 is 11.6 Å². The molecule has 2 aliphatic rings. The van der Waals surface area contributed by atoms with Crippen molar-refractivity contribution >= 4 is 45.9 Å². The van der Waals surface area contributed by atoms with Gasteiger partial charge in [-0.05, 0) is 112 Å². The predicted octanol–water partition coefficient (Wildman–Crippen LogP) is 7.47. The van der Waals surface area contributed by atoms with Crippen LogP contribution in [0, 0.1) is 11.8 Å². The molecule has 2 fully saturated rings. The van der Waals surface area contributed by atoms with E-state index in [1.165, 1.54) is 23.2 Å². The number of hydrogen-bond donors (Lipinski definition) is 3. The van der Waals surface area contributed by atoms with Gasteiger partial charge in [0, 0.05) is 65.4 Å². The Labute approximate surface area is 333 Å². The molecule has 2 aliphatic carbocycles. The zero-order chi connectivity index (χ0) is 40.1. The van der Waals surface area contributed by atoms with Crippen molar-refractivity contribution in [2.45, 2.75) is 59.2 Å². The number of nitrogens with zero attached hydrogens (tertiary/aromatic N) is 6. The fourth-order valence-corrected chi connectivity index (χ4v) is 6.56. The Morgan fingerprint density at radius 1 is 0.684 bits per heavy atom. The van der Waals surface area contributed by atoms with Crippen LogP contribution in [-0.4, -0.2) is 46.2 Å². The largest absolute Gasteiger partial charge is 0.392 e. The molecule has 0 bridgehead atoms. The molecule has 0 radical (unpaired) electrons. The molecule has 14 heteroatoms. The molecule has 0 aliphatic heterocycles. The number of halogens is 1. The van der Waals surface area contributed by atoms with Gasteiger partial charge in [0.05, 0.1) is 17.7 Å². The Bertz CT molecular complexity index is 2530. The SMILES string of the molecule is CC(=O)c1c(-c2ccncc2)nn(CC2CC2)c(=O)c1Nc1ccc(CO)cc1.CC(=O)c1c(-c2ccncc2)nn(CC2CC2)c(=O)c1Nc1cccc(Cl)c1. The van der Waals surface area contributed by atoms with Gasteiger partial charge in [0.25, 0.3) is 11.1 Å². The monoisotopic (exact) mass is 784 g/mol. The van der Waals surface area contributed by atoms with E-state index in [9.17, 15) is 24.3 Å². The molecule has 0 saturated heterocycles. The van der Waals surface area contributed by atoms with Crippen LogP contribution in [0.5, 0.6) is 0 Å². The molecule has 13 nitrogen and oxygen atoms in total. The van der Waals surface area contributed by atoms with Crippen LogP contribution in [0.15, 0.2) is 107 Å². The van der Waals surface area contributed by atoms with Crippen molar-refractivity contribution in [3.63, 3.8) is 0 Å². The van der Waals surface area contributed by atoms with E-state index in [0.717, 1.165) is 42.4 Å². The Balaban J connectivity index is 0.000000174. The summed E-state index contributed by atoms with van der Waals surface area (Å²) in [5.74, 6) is 0.428. The lowest BCUT2D eigenvalue weighted by molar-refractivity contribution is 0.101. The van der Waals surface area contributed by atoms with E-state index < -0.39 is 0 Å². The zero-order valence-corrected chi connectivity index (χ0v) is 32.2. The van der Waals surface area contributed by atoms with Crippen molar-refractivity contribution in [1.82, 2.24) is 29.5 Å². The number of carbonyl (C=O) groups is 2. The Morgan fingerprint density at radius 3 is 1.54 bits per heavy atom. The number of pyridine rings is 2. The number of aliphatic hydroxyl groups excluding tert-OH is 1. The van der Waals surface area contributed by atoms with Gasteiger partial charge in [0.15, 0.2) is 11.6 Å². The van der Waals surface area contributed by atoms with Crippen molar-refractivity contribution < 1.29 is 14.7 Å². The number of benzene rings is 2. The van der Waals surface area contributed by atoms with Crippen LogP contribution < -0.4 is 21.8 Å². The van der Waals surface area contributed by atoms with Crippen LogP contribution in [0.4, 0.5) is 22.7 Å². The van der Waals surface area contributed by atoms with E-state index in [4.69, 9.17) is 11.6 Å². The third-order valence-electron chi connectivity index (χ3n) is 9.68. The smallest absolute Gasteiger partial charge is 0.291 e. The Kier molecular flexibility index (Phi) is 11.8. The maximum absolute atomic E-state index is 13.2. The quantitative estimate of drug-likeness (QED) is 0.0992. The molecule has 290 valence electrons. The Hall–Kier alpha value is -6.31. The van der Waals surface area contributed by atoms with Gasteiger partial charge in [0.1, 0.15) is 22.8 Å². The van der Waals surface area contributed by atoms with Crippen molar-refractivity contribution in [1.29, 1.82) is 0 Å².